The number of hydrogen-bond donors (Lipinski definition) is 1. The maximum atomic E-state index is 12.9. The fourth-order valence-electron chi connectivity index (χ4n) is 3.73. The maximum absolute atomic E-state index is 12.9. The highest BCUT2D eigenvalue weighted by molar-refractivity contribution is 5.82. The molecule has 0 spiro atoms. The van der Waals surface area contributed by atoms with Crippen LogP contribution in [0.1, 0.15) is 24.0 Å². The van der Waals surface area contributed by atoms with Crippen molar-refractivity contribution in [3.05, 3.63) is 41.6 Å². The number of nitrogens with zero attached hydrogens (tertiary/aromatic N) is 3. The molecule has 1 saturated heterocycles. The van der Waals surface area contributed by atoms with Crippen LogP contribution in [0.5, 0.6) is 5.75 Å². The molecule has 1 N–H and O–H groups in total. The molecule has 8 heteroatoms. The summed E-state index contributed by atoms with van der Waals surface area (Å²) in [6.45, 7) is 3.89. The first-order chi connectivity index (χ1) is 13.3. The molecular weight excluding hydrogens is 371 g/mol. The Balaban J connectivity index is 1.67. The number of aryl methyl sites for hydroxylation is 1. The molecular formula is C20H20F3N3O2. The van der Waals surface area contributed by atoms with Gasteiger partial charge in [-0.2, -0.15) is 13.2 Å². The van der Waals surface area contributed by atoms with Gasteiger partial charge in [-0.3, -0.25) is 0 Å². The third-order valence-electron chi connectivity index (χ3n) is 5.20. The summed E-state index contributed by atoms with van der Waals surface area (Å²) in [5.41, 5.74) is 0.740. The lowest BCUT2D eigenvalue weighted by molar-refractivity contribution is -0.137. The summed E-state index contributed by atoms with van der Waals surface area (Å²) >= 11 is 0. The van der Waals surface area contributed by atoms with Gasteiger partial charge >= 0.3 is 6.18 Å². The molecule has 1 aliphatic heterocycles. The summed E-state index contributed by atoms with van der Waals surface area (Å²) < 4.78 is 46.2. The standard InChI is InChI=1S/C20H20F3N3O2/c1-12-8-15(20(21,22)23)10-17(27)18(12)16-9-14-2-5-26(19(14)25-24-16)11-13-3-6-28-7-4-13/h2,5,8-10,13,27H,3-4,6-7,11H2,1H3. The van der Waals surface area contributed by atoms with E-state index in [0.717, 1.165) is 55.8 Å². The number of halogens is 3. The lowest BCUT2D eigenvalue weighted by Crippen LogP contribution is -2.20. The van der Waals surface area contributed by atoms with E-state index < -0.39 is 17.5 Å². The van der Waals surface area contributed by atoms with E-state index in [-0.39, 0.29) is 5.56 Å². The second-order valence-electron chi connectivity index (χ2n) is 7.22. The van der Waals surface area contributed by atoms with E-state index in [1.807, 2.05) is 16.8 Å². The second kappa shape index (κ2) is 7.09. The summed E-state index contributed by atoms with van der Waals surface area (Å²) in [6, 6.07) is 5.39. The fraction of sp³-hybridized carbons (Fsp3) is 0.400. The van der Waals surface area contributed by atoms with Crippen LogP contribution in [0.2, 0.25) is 0 Å². The van der Waals surface area contributed by atoms with Gasteiger partial charge in [-0.1, -0.05) is 0 Å². The molecule has 5 nitrogen and oxygen atoms in total. The molecule has 0 aliphatic carbocycles. The Hall–Kier alpha value is -2.61. The van der Waals surface area contributed by atoms with Gasteiger partial charge in [0.15, 0.2) is 5.65 Å². The number of phenols is 1. The molecule has 0 radical (unpaired) electrons. The largest absolute Gasteiger partial charge is 0.507 e. The second-order valence-corrected chi connectivity index (χ2v) is 7.22. The lowest BCUT2D eigenvalue weighted by atomic mass is 10.00. The number of aromatic nitrogens is 3. The number of ether oxygens (including phenoxy) is 1. The zero-order valence-electron chi connectivity index (χ0n) is 15.3. The zero-order valence-corrected chi connectivity index (χ0v) is 15.3. The number of benzene rings is 1. The van der Waals surface area contributed by atoms with Gasteiger partial charge in [0, 0.05) is 36.9 Å². The Kier molecular flexibility index (Phi) is 4.74. The van der Waals surface area contributed by atoms with Gasteiger partial charge in [0.2, 0.25) is 0 Å². The van der Waals surface area contributed by atoms with Gasteiger partial charge in [-0.25, -0.2) is 0 Å². The van der Waals surface area contributed by atoms with Crippen molar-refractivity contribution in [1.29, 1.82) is 0 Å². The number of alkyl halides is 3. The van der Waals surface area contributed by atoms with E-state index in [9.17, 15) is 18.3 Å². The lowest BCUT2D eigenvalue weighted by Gasteiger charge is -2.22. The summed E-state index contributed by atoms with van der Waals surface area (Å²) in [5.74, 6) is 0.0645. The Labute approximate surface area is 159 Å². The van der Waals surface area contributed by atoms with Gasteiger partial charge in [0.1, 0.15) is 5.75 Å². The number of fused-ring (bicyclic) bond motifs is 1. The van der Waals surface area contributed by atoms with Gasteiger partial charge in [-0.15, -0.1) is 10.2 Å². The van der Waals surface area contributed by atoms with E-state index in [4.69, 9.17) is 4.74 Å². The van der Waals surface area contributed by atoms with Gasteiger partial charge < -0.3 is 14.4 Å². The minimum absolute atomic E-state index is 0.263. The molecule has 148 valence electrons. The maximum Gasteiger partial charge on any atom is 0.416 e. The van der Waals surface area contributed by atoms with Crippen molar-refractivity contribution in [2.24, 2.45) is 5.92 Å². The molecule has 1 aromatic carbocycles. The quantitative estimate of drug-likeness (QED) is 0.711. The minimum Gasteiger partial charge on any atom is -0.507 e. The summed E-state index contributed by atoms with van der Waals surface area (Å²) in [6.07, 6.45) is -0.566. The van der Waals surface area contributed by atoms with Crippen LogP contribution in [-0.2, 0) is 17.5 Å². The van der Waals surface area contributed by atoms with E-state index in [2.05, 4.69) is 10.2 Å². The number of phenolic OH excluding ortho intramolecular Hbond substituents is 1. The molecule has 1 aliphatic rings. The topological polar surface area (TPSA) is 60.2 Å². The van der Waals surface area contributed by atoms with Crippen molar-refractivity contribution in [2.75, 3.05) is 13.2 Å². The van der Waals surface area contributed by atoms with Crippen LogP contribution >= 0.6 is 0 Å². The third-order valence-corrected chi connectivity index (χ3v) is 5.20. The average molecular weight is 391 g/mol. The Morgan fingerprint density at radius 2 is 1.93 bits per heavy atom. The van der Waals surface area contributed by atoms with Crippen molar-refractivity contribution in [2.45, 2.75) is 32.5 Å². The first kappa shape index (κ1) is 18.7. The molecule has 2 aromatic heterocycles. The fourth-order valence-corrected chi connectivity index (χ4v) is 3.73. The molecule has 3 heterocycles. The van der Waals surface area contributed by atoms with Crippen LogP contribution in [0, 0.1) is 12.8 Å². The summed E-state index contributed by atoms with van der Waals surface area (Å²) in [7, 11) is 0. The van der Waals surface area contributed by atoms with E-state index in [0.29, 0.717) is 17.2 Å². The zero-order chi connectivity index (χ0) is 19.9. The molecule has 28 heavy (non-hydrogen) atoms. The normalized spacial score (nSPS) is 16.0. The van der Waals surface area contributed by atoms with Crippen LogP contribution < -0.4 is 0 Å². The monoisotopic (exact) mass is 391 g/mol. The van der Waals surface area contributed by atoms with Crippen molar-refractivity contribution in [3.8, 4) is 17.0 Å². The van der Waals surface area contributed by atoms with Crippen molar-refractivity contribution >= 4 is 11.0 Å². The molecule has 0 saturated carbocycles. The SMILES string of the molecule is Cc1cc(C(F)(F)F)cc(O)c1-c1cc2ccn(CC3CCOCC3)c2nn1. The predicted molar refractivity (Wildman–Crippen MR) is 97.9 cm³/mol. The van der Waals surface area contributed by atoms with Crippen LogP contribution in [-0.4, -0.2) is 33.1 Å². The average Bonchev–Trinajstić information content (AvgIpc) is 3.03. The third kappa shape index (κ3) is 3.56. The van der Waals surface area contributed by atoms with E-state index >= 15 is 0 Å². The number of hydrogen-bond acceptors (Lipinski definition) is 4. The van der Waals surface area contributed by atoms with Crippen LogP contribution in [0.3, 0.4) is 0 Å². The summed E-state index contributed by atoms with van der Waals surface area (Å²) in [5, 5.41) is 19.5. The van der Waals surface area contributed by atoms with Gasteiger partial charge in [0.25, 0.3) is 0 Å². The molecule has 0 unspecified atom stereocenters. The van der Waals surface area contributed by atoms with Gasteiger partial charge in [0.05, 0.1) is 11.3 Å². The molecule has 0 atom stereocenters. The van der Waals surface area contributed by atoms with Crippen molar-refractivity contribution in [1.82, 2.24) is 14.8 Å². The van der Waals surface area contributed by atoms with E-state index in [1.54, 1.807) is 6.07 Å². The highest BCUT2D eigenvalue weighted by Gasteiger charge is 2.32. The Morgan fingerprint density at radius 1 is 1.18 bits per heavy atom. The van der Waals surface area contributed by atoms with E-state index in [1.165, 1.54) is 6.92 Å². The van der Waals surface area contributed by atoms with Crippen LogP contribution in [0.4, 0.5) is 13.2 Å². The number of rotatable bonds is 3. The van der Waals surface area contributed by atoms with Crippen molar-refractivity contribution in [3.63, 3.8) is 0 Å². The molecule has 0 amide bonds. The Bertz CT molecular complexity index is 985. The molecule has 1 fully saturated rings. The Morgan fingerprint density at radius 3 is 2.61 bits per heavy atom. The highest BCUT2D eigenvalue weighted by atomic mass is 19.4. The molecule has 0 bridgehead atoms. The predicted octanol–water partition coefficient (Wildman–Crippen LogP) is 4.56. The first-order valence-electron chi connectivity index (χ1n) is 9.14. The number of aromatic hydroxyl groups is 1. The smallest absolute Gasteiger partial charge is 0.416 e. The minimum atomic E-state index is -4.52. The molecule has 4 rings (SSSR count). The highest BCUT2D eigenvalue weighted by Crippen LogP contribution is 2.38. The van der Waals surface area contributed by atoms with Crippen LogP contribution in [0.15, 0.2) is 30.5 Å². The van der Waals surface area contributed by atoms with Gasteiger partial charge in [-0.05, 0) is 55.5 Å². The first-order valence-corrected chi connectivity index (χ1v) is 9.14. The van der Waals surface area contributed by atoms with Crippen molar-refractivity contribution < 1.29 is 23.0 Å². The summed E-state index contributed by atoms with van der Waals surface area (Å²) in [4.78, 5) is 0. The molecule has 3 aromatic rings. The van der Waals surface area contributed by atoms with Crippen LogP contribution in [0.25, 0.3) is 22.3 Å².